The number of anilines is 1. The van der Waals surface area contributed by atoms with Gasteiger partial charge in [0.25, 0.3) is 5.91 Å². The standard InChI is InChI=1S/C16H22N2O4/c1-4-11(3)18(10-15(20)21)16(22)12-7-6-8-13(9-12)17-14(19)5-2/h6-9,11H,4-5,10H2,1-3H3,(H,17,19)(H,20,21). The minimum Gasteiger partial charge on any atom is -0.480 e. The number of carbonyl (C=O) groups is 3. The number of nitrogens with zero attached hydrogens (tertiary/aromatic N) is 1. The third-order valence-electron chi connectivity index (χ3n) is 3.40. The molecule has 22 heavy (non-hydrogen) atoms. The molecule has 0 spiro atoms. The first-order chi connectivity index (χ1) is 10.4. The molecule has 1 rings (SSSR count). The monoisotopic (exact) mass is 306 g/mol. The van der Waals surface area contributed by atoms with Crippen LogP contribution in [0.1, 0.15) is 44.0 Å². The number of carboxylic acid groups (broad SMARTS) is 1. The maximum absolute atomic E-state index is 12.5. The third kappa shape index (κ3) is 4.87. The van der Waals surface area contributed by atoms with E-state index in [9.17, 15) is 14.4 Å². The number of carbonyl (C=O) groups excluding carboxylic acids is 2. The molecule has 2 N–H and O–H groups in total. The predicted molar refractivity (Wildman–Crippen MR) is 83.8 cm³/mol. The van der Waals surface area contributed by atoms with Gasteiger partial charge in [0, 0.05) is 23.7 Å². The molecule has 0 aliphatic rings. The Labute approximate surface area is 130 Å². The van der Waals surface area contributed by atoms with Gasteiger partial charge in [-0.25, -0.2) is 0 Å². The molecule has 0 heterocycles. The van der Waals surface area contributed by atoms with E-state index in [0.29, 0.717) is 24.1 Å². The SMILES string of the molecule is CCC(=O)Nc1cccc(C(=O)N(CC(=O)O)C(C)CC)c1. The summed E-state index contributed by atoms with van der Waals surface area (Å²) in [6.45, 7) is 5.09. The Bertz CT molecular complexity index is 557. The first kappa shape index (κ1) is 17.7. The minimum absolute atomic E-state index is 0.145. The second-order valence-electron chi connectivity index (χ2n) is 5.07. The van der Waals surface area contributed by atoms with Gasteiger partial charge in [0.2, 0.25) is 5.91 Å². The van der Waals surface area contributed by atoms with Crippen molar-refractivity contribution in [2.45, 2.75) is 39.7 Å². The number of amides is 2. The van der Waals surface area contributed by atoms with Gasteiger partial charge in [-0.05, 0) is 31.5 Å². The van der Waals surface area contributed by atoms with Crippen LogP contribution in [-0.2, 0) is 9.59 Å². The van der Waals surface area contributed by atoms with Gasteiger partial charge in [-0.2, -0.15) is 0 Å². The van der Waals surface area contributed by atoms with E-state index in [4.69, 9.17) is 5.11 Å². The summed E-state index contributed by atoms with van der Waals surface area (Å²) >= 11 is 0. The Balaban J connectivity index is 3.00. The number of carboxylic acids is 1. The van der Waals surface area contributed by atoms with Crippen LogP contribution in [0.3, 0.4) is 0 Å². The molecule has 6 nitrogen and oxygen atoms in total. The van der Waals surface area contributed by atoms with Gasteiger partial charge in [0.05, 0.1) is 0 Å². The first-order valence-electron chi connectivity index (χ1n) is 7.31. The average molecular weight is 306 g/mol. The van der Waals surface area contributed by atoms with Gasteiger partial charge in [-0.3, -0.25) is 14.4 Å². The second-order valence-corrected chi connectivity index (χ2v) is 5.07. The first-order valence-corrected chi connectivity index (χ1v) is 7.31. The van der Waals surface area contributed by atoms with Crippen LogP contribution in [0.2, 0.25) is 0 Å². The van der Waals surface area contributed by atoms with Crippen molar-refractivity contribution in [3.63, 3.8) is 0 Å². The number of hydrogen-bond acceptors (Lipinski definition) is 3. The van der Waals surface area contributed by atoms with Crippen LogP contribution in [0.5, 0.6) is 0 Å². The molecule has 1 aromatic carbocycles. The lowest BCUT2D eigenvalue weighted by atomic mass is 10.1. The minimum atomic E-state index is -1.05. The van der Waals surface area contributed by atoms with Crippen LogP contribution in [0.25, 0.3) is 0 Å². The summed E-state index contributed by atoms with van der Waals surface area (Å²) in [4.78, 5) is 36.2. The average Bonchev–Trinajstić information content (AvgIpc) is 2.51. The van der Waals surface area contributed by atoms with Crippen LogP contribution in [0, 0.1) is 0 Å². The molecular weight excluding hydrogens is 284 g/mol. The van der Waals surface area contributed by atoms with Crippen molar-refractivity contribution in [2.75, 3.05) is 11.9 Å². The zero-order valence-corrected chi connectivity index (χ0v) is 13.1. The molecule has 1 aromatic rings. The fourth-order valence-electron chi connectivity index (χ4n) is 1.94. The Morgan fingerprint density at radius 3 is 2.50 bits per heavy atom. The van der Waals surface area contributed by atoms with E-state index in [2.05, 4.69) is 5.32 Å². The zero-order chi connectivity index (χ0) is 16.7. The Hall–Kier alpha value is -2.37. The summed E-state index contributed by atoms with van der Waals surface area (Å²) in [7, 11) is 0. The van der Waals surface area contributed by atoms with Crippen LogP contribution in [-0.4, -0.2) is 40.4 Å². The van der Waals surface area contributed by atoms with E-state index in [0.717, 1.165) is 0 Å². The number of benzene rings is 1. The lowest BCUT2D eigenvalue weighted by Crippen LogP contribution is -2.41. The van der Waals surface area contributed by atoms with Crippen LogP contribution in [0.4, 0.5) is 5.69 Å². The fourth-order valence-corrected chi connectivity index (χ4v) is 1.94. The topological polar surface area (TPSA) is 86.7 Å². The van der Waals surface area contributed by atoms with Gasteiger partial charge in [0.15, 0.2) is 0 Å². The molecule has 120 valence electrons. The maximum Gasteiger partial charge on any atom is 0.323 e. The van der Waals surface area contributed by atoms with Crippen molar-refractivity contribution < 1.29 is 19.5 Å². The van der Waals surface area contributed by atoms with E-state index in [-0.39, 0.29) is 24.4 Å². The summed E-state index contributed by atoms with van der Waals surface area (Å²) in [5.41, 5.74) is 0.882. The smallest absolute Gasteiger partial charge is 0.323 e. The maximum atomic E-state index is 12.5. The predicted octanol–water partition coefficient (Wildman–Crippen LogP) is 2.36. The molecule has 0 aliphatic heterocycles. The number of aliphatic carboxylic acids is 1. The highest BCUT2D eigenvalue weighted by atomic mass is 16.4. The van der Waals surface area contributed by atoms with Crippen molar-refractivity contribution in [1.82, 2.24) is 4.90 Å². The summed E-state index contributed by atoms with van der Waals surface area (Å²) in [5.74, 6) is -1.55. The fraction of sp³-hybridized carbons (Fsp3) is 0.438. The van der Waals surface area contributed by atoms with Gasteiger partial charge in [-0.1, -0.05) is 19.9 Å². The van der Waals surface area contributed by atoms with Crippen molar-refractivity contribution in [3.05, 3.63) is 29.8 Å². The number of rotatable bonds is 7. The van der Waals surface area contributed by atoms with Crippen molar-refractivity contribution in [1.29, 1.82) is 0 Å². The van der Waals surface area contributed by atoms with Crippen molar-refractivity contribution >= 4 is 23.5 Å². The Kier molecular flexibility index (Phi) is 6.56. The molecule has 0 fully saturated rings. The van der Waals surface area contributed by atoms with E-state index >= 15 is 0 Å². The molecule has 2 amide bonds. The quantitative estimate of drug-likeness (QED) is 0.809. The van der Waals surface area contributed by atoms with Crippen LogP contribution in [0.15, 0.2) is 24.3 Å². The molecule has 6 heteroatoms. The highest BCUT2D eigenvalue weighted by Gasteiger charge is 2.23. The number of nitrogens with one attached hydrogen (secondary N) is 1. The molecule has 0 saturated carbocycles. The second kappa shape index (κ2) is 8.17. The zero-order valence-electron chi connectivity index (χ0n) is 13.1. The van der Waals surface area contributed by atoms with Gasteiger partial charge in [0.1, 0.15) is 6.54 Å². The van der Waals surface area contributed by atoms with E-state index in [1.54, 1.807) is 31.2 Å². The highest BCUT2D eigenvalue weighted by Crippen LogP contribution is 2.15. The van der Waals surface area contributed by atoms with Crippen LogP contribution >= 0.6 is 0 Å². The number of hydrogen-bond donors (Lipinski definition) is 2. The normalized spacial score (nSPS) is 11.6. The molecule has 0 aromatic heterocycles. The molecule has 1 unspecified atom stereocenters. The molecule has 0 bridgehead atoms. The molecular formula is C16H22N2O4. The highest BCUT2D eigenvalue weighted by molar-refractivity contribution is 5.98. The lowest BCUT2D eigenvalue weighted by Gasteiger charge is -2.27. The third-order valence-corrected chi connectivity index (χ3v) is 3.40. The summed E-state index contributed by atoms with van der Waals surface area (Å²) in [6, 6.07) is 6.34. The molecule has 0 aliphatic carbocycles. The lowest BCUT2D eigenvalue weighted by molar-refractivity contribution is -0.138. The summed E-state index contributed by atoms with van der Waals surface area (Å²) in [6.07, 6.45) is 1.00. The summed E-state index contributed by atoms with van der Waals surface area (Å²) in [5, 5.41) is 11.7. The van der Waals surface area contributed by atoms with E-state index in [1.165, 1.54) is 4.90 Å². The largest absolute Gasteiger partial charge is 0.480 e. The Morgan fingerprint density at radius 2 is 1.95 bits per heavy atom. The van der Waals surface area contributed by atoms with Crippen molar-refractivity contribution in [2.24, 2.45) is 0 Å². The van der Waals surface area contributed by atoms with Gasteiger partial charge in [-0.15, -0.1) is 0 Å². The summed E-state index contributed by atoms with van der Waals surface area (Å²) < 4.78 is 0. The van der Waals surface area contributed by atoms with Crippen LogP contribution < -0.4 is 5.32 Å². The van der Waals surface area contributed by atoms with E-state index < -0.39 is 5.97 Å². The van der Waals surface area contributed by atoms with Gasteiger partial charge < -0.3 is 15.3 Å². The molecule has 0 saturated heterocycles. The molecule has 0 radical (unpaired) electrons. The van der Waals surface area contributed by atoms with E-state index in [1.807, 2.05) is 13.8 Å². The van der Waals surface area contributed by atoms with Crippen molar-refractivity contribution in [3.8, 4) is 0 Å². The Morgan fingerprint density at radius 1 is 1.27 bits per heavy atom. The van der Waals surface area contributed by atoms with Gasteiger partial charge >= 0.3 is 5.97 Å². The molecule has 1 atom stereocenters.